The summed E-state index contributed by atoms with van der Waals surface area (Å²) in [5.74, 6) is 0.163. The zero-order chi connectivity index (χ0) is 18.5. The van der Waals surface area contributed by atoms with Crippen molar-refractivity contribution in [1.82, 2.24) is 0 Å². The number of para-hydroxylation sites is 1. The Morgan fingerprint density at radius 2 is 1.85 bits per heavy atom. The predicted octanol–water partition coefficient (Wildman–Crippen LogP) is 3.83. The maximum atomic E-state index is 12.1. The molecule has 0 bridgehead atoms. The number of fused-ring (bicyclic) bond motifs is 1. The molecule has 132 valence electrons. The van der Waals surface area contributed by atoms with E-state index in [1.165, 1.54) is 13.2 Å². The molecule has 0 spiro atoms. The van der Waals surface area contributed by atoms with Crippen LogP contribution < -0.4 is 10.1 Å². The Balaban J connectivity index is 1.66. The average molecular weight is 349 g/mol. The van der Waals surface area contributed by atoms with E-state index in [1.54, 1.807) is 30.3 Å². The summed E-state index contributed by atoms with van der Waals surface area (Å²) in [5, 5.41) is 2.75. The van der Waals surface area contributed by atoms with Crippen LogP contribution in [0.2, 0.25) is 0 Å². The fourth-order valence-corrected chi connectivity index (χ4v) is 2.61. The fraction of sp³-hybridized carbons (Fsp3) is 0.143. The Bertz CT molecular complexity index is 881. The molecule has 2 aromatic carbocycles. The lowest BCUT2D eigenvalue weighted by atomic mass is 10.0. The van der Waals surface area contributed by atoms with Gasteiger partial charge in [0.15, 0.2) is 0 Å². The molecule has 5 nitrogen and oxygen atoms in total. The number of nitrogens with one attached hydrogen (secondary N) is 1. The van der Waals surface area contributed by atoms with Crippen molar-refractivity contribution >= 4 is 23.6 Å². The van der Waals surface area contributed by atoms with Gasteiger partial charge in [-0.15, -0.1) is 0 Å². The van der Waals surface area contributed by atoms with Crippen LogP contribution >= 0.6 is 0 Å². The van der Waals surface area contributed by atoms with Gasteiger partial charge in [-0.1, -0.05) is 18.2 Å². The number of methoxy groups -OCH3 is 1. The van der Waals surface area contributed by atoms with E-state index in [-0.39, 0.29) is 12.0 Å². The number of carbonyl (C=O) groups excluding carboxylic acids is 2. The zero-order valence-electron chi connectivity index (χ0n) is 14.6. The van der Waals surface area contributed by atoms with Gasteiger partial charge in [0.2, 0.25) is 5.91 Å². The smallest absolute Gasteiger partial charge is 0.337 e. The van der Waals surface area contributed by atoms with E-state index in [9.17, 15) is 9.59 Å². The number of hydrogen-bond acceptors (Lipinski definition) is 4. The Hall–Kier alpha value is -3.34. The lowest BCUT2D eigenvalue weighted by molar-refractivity contribution is -0.111. The molecule has 2 aromatic rings. The summed E-state index contributed by atoms with van der Waals surface area (Å²) in [6.07, 6.45) is 5.10. The minimum Gasteiger partial charge on any atom is -0.485 e. The quantitative estimate of drug-likeness (QED) is 0.673. The molecule has 1 heterocycles. The van der Waals surface area contributed by atoms with Gasteiger partial charge < -0.3 is 14.8 Å². The van der Waals surface area contributed by atoms with Crippen LogP contribution in [0, 0.1) is 0 Å². The summed E-state index contributed by atoms with van der Waals surface area (Å²) in [6.45, 7) is 1.94. The van der Waals surface area contributed by atoms with Crippen molar-refractivity contribution < 1.29 is 19.1 Å². The summed E-state index contributed by atoms with van der Waals surface area (Å²) in [5.41, 5.74) is 2.93. The third-order valence-electron chi connectivity index (χ3n) is 4.02. The molecular weight excluding hydrogens is 330 g/mol. The molecule has 0 aromatic heterocycles. The number of rotatable bonds is 4. The summed E-state index contributed by atoms with van der Waals surface area (Å²) in [7, 11) is 1.33. The van der Waals surface area contributed by atoms with Gasteiger partial charge >= 0.3 is 5.97 Å². The molecule has 5 heteroatoms. The SMILES string of the molecule is COC(=O)c1ccc(NC(=O)/C=C/C2=Cc3ccccc3OC2C)cc1. The molecule has 3 rings (SSSR count). The first-order valence-electron chi connectivity index (χ1n) is 8.21. The second-order valence-corrected chi connectivity index (χ2v) is 5.83. The van der Waals surface area contributed by atoms with E-state index >= 15 is 0 Å². The van der Waals surface area contributed by atoms with Crippen LogP contribution in [-0.4, -0.2) is 25.1 Å². The minimum absolute atomic E-state index is 0.131. The van der Waals surface area contributed by atoms with Crippen LogP contribution in [0.3, 0.4) is 0 Å². The van der Waals surface area contributed by atoms with Gasteiger partial charge in [0.25, 0.3) is 0 Å². The number of benzene rings is 2. The highest BCUT2D eigenvalue weighted by Crippen LogP contribution is 2.29. The van der Waals surface area contributed by atoms with Crippen LogP contribution in [0.25, 0.3) is 6.08 Å². The number of hydrogen-bond donors (Lipinski definition) is 1. The molecule has 0 saturated carbocycles. The van der Waals surface area contributed by atoms with E-state index in [2.05, 4.69) is 10.1 Å². The highest BCUT2D eigenvalue weighted by atomic mass is 16.5. The molecule has 0 radical (unpaired) electrons. The van der Waals surface area contributed by atoms with Gasteiger partial charge in [-0.25, -0.2) is 4.79 Å². The maximum Gasteiger partial charge on any atom is 0.337 e. The van der Waals surface area contributed by atoms with Gasteiger partial charge in [-0.3, -0.25) is 4.79 Å². The second kappa shape index (κ2) is 7.70. The Morgan fingerprint density at radius 1 is 1.12 bits per heavy atom. The van der Waals surface area contributed by atoms with Crippen molar-refractivity contribution in [2.45, 2.75) is 13.0 Å². The molecule has 1 atom stereocenters. The number of esters is 1. The van der Waals surface area contributed by atoms with Crippen molar-refractivity contribution in [3.8, 4) is 5.75 Å². The standard InChI is InChI=1S/C21H19NO4/c1-14-16(13-17-5-3-4-6-19(17)26-14)9-12-20(23)22-18-10-7-15(8-11-18)21(24)25-2/h3-14H,1-2H3,(H,22,23)/b12-9+. The first-order valence-corrected chi connectivity index (χ1v) is 8.21. The van der Waals surface area contributed by atoms with E-state index in [4.69, 9.17) is 4.74 Å². The molecule has 1 amide bonds. The number of amides is 1. The number of anilines is 1. The van der Waals surface area contributed by atoms with Crippen LogP contribution in [-0.2, 0) is 9.53 Å². The van der Waals surface area contributed by atoms with E-state index in [0.717, 1.165) is 16.9 Å². The molecule has 1 aliphatic heterocycles. The summed E-state index contributed by atoms with van der Waals surface area (Å²) < 4.78 is 10.5. The molecule has 1 aliphatic rings. The minimum atomic E-state index is -0.415. The largest absolute Gasteiger partial charge is 0.485 e. The third-order valence-corrected chi connectivity index (χ3v) is 4.02. The topological polar surface area (TPSA) is 64.6 Å². The molecule has 0 saturated heterocycles. The van der Waals surface area contributed by atoms with Crippen molar-refractivity contribution in [2.24, 2.45) is 0 Å². The summed E-state index contributed by atoms with van der Waals surface area (Å²) in [4.78, 5) is 23.5. The molecular formula is C21H19NO4. The Kier molecular flexibility index (Phi) is 5.17. The summed E-state index contributed by atoms with van der Waals surface area (Å²) in [6, 6.07) is 14.3. The van der Waals surface area contributed by atoms with Gasteiger partial charge in [0.05, 0.1) is 12.7 Å². The Morgan fingerprint density at radius 3 is 2.58 bits per heavy atom. The van der Waals surface area contributed by atoms with E-state index in [0.29, 0.717) is 11.3 Å². The van der Waals surface area contributed by atoms with Crippen LogP contribution in [0.1, 0.15) is 22.8 Å². The third kappa shape index (κ3) is 4.00. The summed E-state index contributed by atoms with van der Waals surface area (Å²) >= 11 is 0. The van der Waals surface area contributed by atoms with Crippen LogP contribution in [0.15, 0.2) is 66.3 Å². The molecule has 0 aliphatic carbocycles. The fourth-order valence-electron chi connectivity index (χ4n) is 2.61. The molecule has 1 unspecified atom stereocenters. The number of carbonyl (C=O) groups is 2. The lowest BCUT2D eigenvalue weighted by Crippen LogP contribution is -2.18. The first kappa shape index (κ1) is 17.5. The number of ether oxygens (including phenoxy) is 2. The van der Waals surface area contributed by atoms with Crippen LogP contribution in [0.5, 0.6) is 5.75 Å². The van der Waals surface area contributed by atoms with Gasteiger partial charge in [0.1, 0.15) is 11.9 Å². The second-order valence-electron chi connectivity index (χ2n) is 5.83. The molecule has 1 N–H and O–H groups in total. The van der Waals surface area contributed by atoms with Crippen molar-refractivity contribution in [3.63, 3.8) is 0 Å². The molecule has 26 heavy (non-hydrogen) atoms. The lowest BCUT2D eigenvalue weighted by Gasteiger charge is -2.22. The van der Waals surface area contributed by atoms with Crippen molar-refractivity contribution in [1.29, 1.82) is 0 Å². The highest BCUT2D eigenvalue weighted by Gasteiger charge is 2.16. The predicted molar refractivity (Wildman–Crippen MR) is 100 cm³/mol. The van der Waals surface area contributed by atoms with Crippen LogP contribution in [0.4, 0.5) is 5.69 Å². The average Bonchev–Trinajstić information content (AvgIpc) is 2.66. The van der Waals surface area contributed by atoms with Crippen molar-refractivity contribution in [2.75, 3.05) is 12.4 Å². The van der Waals surface area contributed by atoms with E-state index in [1.807, 2.05) is 37.3 Å². The highest BCUT2D eigenvalue weighted by molar-refractivity contribution is 6.00. The first-order chi connectivity index (χ1) is 12.6. The van der Waals surface area contributed by atoms with Gasteiger partial charge in [0, 0.05) is 17.3 Å². The Labute approximate surface area is 151 Å². The van der Waals surface area contributed by atoms with Gasteiger partial charge in [-0.2, -0.15) is 0 Å². The molecule has 0 fully saturated rings. The van der Waals surface area contributed by atoms with Crippen molar-refractivity contribution in [3.05, 3.63) is 77.4 Å². The van der Waals surface area contributed by atoms with Gasteiger partial charge in [-0.05, 0) is 55.0 Å². The monoisotopic (exact) mass is 349 g/mol. The zero-order valence-corrected chi connectivity index (χ0v) is 14.6. The van der Waals surface area contributed by atoms with E-state index < -0.39 is 5.97 Å². The maximum absolute atomic E-state index is 12.1. The normalized spacial score (nSPS) is 15.6.